The fourth-order valence-corrected chi connectivity index (χ4v) is 3.92. The predicted octanol–water partition coefficient (Wildman–Crippen LogP) is 8.98. The van der Waals surface area contributed by atoms with Crippen molar-refractivity contribution >= 4 is 17.6 Å². The minimum atomic E-state index is -0.458. The molecular formula is C25H49ClO2. The molecule has 0 aliphatic carbocycles. The molecule has 168 valence electrons. The van der Waals surface area contributed by atoms with Gasteiger partial charge in [-0.25, -0.2) is 0 Å². The Hall–Kier alpha value is -0.240. The maximum atomic E-state index is 11.6. The summed E-state index contributed by atoms with van der Waals surface area (Å²) in [5.74, 6) is -0.240. The van der Waals surface area contributed by atoms with Crippen LogP contribution in [0.2, 0.25) is 0 Å². The molecular weight excluding hydrogens is 368 g/mol. The first-order chi connectivity index (χ1) is 13.7. The molecule has 2 nitrogen and oxygen atoms in total. The van der Waals surface area contributed by atoms with E-state index in [9.17, 15) is 4.79 Å². The van der Waals surface area contributed by atoms with Crippen LogP contribution in [0.15, 0.2) is 0 Å². The average molecular weight is 417 g/mol. The molecule has 28 heavy (non-hydrogen) atoms. The molecule has 0 spiro atoms. The van der Waals surface area contributed by atoms with Gasteiger partial charge in [0, 0.05) is 0 Å². The van der Waals surface area contributed by atoms with Gasteiger partial charge in [-0.1, -0.05) is 129 Å². The zero-order chi connectivity index (χ0) is 20.7. The third kappa shape index (κ3) is 20.5. The van der Waals surface area contributed by atoms with Crippen molar-refractivity contribution in [2.75, 3.05) is 6.61 Å². The molecule has 0 bridgehead atoms. The first-order valence-electron chi connectivity index (χ1n) is 12.5. The number of esters is 1. The van der Waals surface area contributed by atoms with Crippen LogP contribution in [0.3, 0.4) is 0 Å². The monoisotopic (exact) mass is 416 g/mol. The normalized spacial score (nSPS) is 12.2. The van der Waals surface area contributed by atoms with Gasteiger partial charge < -0.3 is 4.74 Å². The van der Waals surface area contributed by atoms with E-state index in [1.165, 1.54) is 103 Å². The first kappa shape index (κ1) is 27.8. The molecule has 0 fully saturated rings. The number of halogens is 1. The zero-order valence-electron chi connectivity index (χ0n) is 19.1. The van der Waals surface area contributed by atoms with Crippen molar-refractivity contribution < 1.29 is 9.53 Å². The average Bonchev–Trinajstić information content (AvgIpc) is 2.69. The van der Waals surface area contributed by atoms with Gasteiger partial charge in [-0.2, -0.15) is 0 Å². The van der Waals surface area contributed by atoms with E-state index in [2.05, 4.69) is 6.92 Å². The number of alkyl halides is 1. The second-order valence-electron chi connectivity index (χ2n) is 8.43. The number of carbonyl (C=O) groups is 1. The van der Waals surface area contributed by atoms with Gasteiger partial charge in [-0.15, -0.1) is 11.6 Å². The van der Waals surface area contributed by atoms with Crippen molar-refractivity contribution in [1.82, 2.24) is 0 Å². The van der Waals surface area contributed by atoms with E-state index < -0.39 is 5.38 Å². The number of rotatable bonds is 22. The van der Waals surface area contributed by atoms with E-state index in [1.54, 1.807) is 0 Å². The van der Waals surface area contributed by atoms with Crippen molar-refractivity contribution in [2.24, 2.45) is 0 Å². The Balaban J connectivity index is 3.11. The van der Waals surface area contributed by atoms with Crippen LogP contribution in [0.1, 0.15) is 142 Å². The van der Waals surface area contributed by atoms with Crippen LogP contribution in [0.5, 0.6) is 0 Å². The summed E-state index contributed by atoms with van der Waals surface area (Å²) in [6.07, 6.45) is 26.2. The van der Waals surface area contributed by atoms with E-state index in [-0.39, 0.29) is 5.97 Å². The molecule has 3 heteroatoms. The van der Waals surface area contributed by atoms with Gasteiger partial charge in [0.05, 0.1) is 6.61 Å². The molecule has 0 aromatic heterocycles. The zero-order valence-corrected chi connectivity index (χ0v) is 19.9. The maximum absolute atomic E-state index is 11.6. The lowest BCUT2D eigenvalue weighted by molar-refractivity contribution is -0.143. The van der Waals surface area contributed by atoms with E-state index in [1.807, 2.05) is 6.92 Å². The molecule has 0 rings (SSSR count). The Bertz CT molecular complexity index is 320. The Morgan fingerprint density at radius 3 is 1.32 bits per heavy atom. The van der Waals surface area contributed by atoms with Gasteiger partial charge >= 0.3 is 5.97 Å². The molecule has 0 aliphatic rings. The second kappa shape index (κ2) is 23.0. The highest BCUT2D eigenvalue weighted by Gasteiger charge is 2.14. The van der Waals surface area contributed by atoms with Gasteiger partial charge in [-0.05, 0) is 12.8 Å². The highest BCUT2D eigenvalue weighted by atomic mass is 35.5. The molecule has 0 radical (unpaired) electrons. The third-order valence-electron chi connectivity index (χ3n) is 5.54. The highest BCUT2D eigenvalue weighted by Crippen LogP contribution is 2.14. The fourth-order valence-electron chi connectivity index (χ4n) is 3.64. The van der Waals surface area contributed by atoms with Gasteiger partial charge in [0.25, 0.3) is 0 Å². The van der Waals surface area contributed by atoms with Crippen LogP contribution in [0.4, 0.5) is 0 Å². The van der Waals surface area contributed by atoms with Crippen molar-refractivity contribution in [3.05, 3.63) is 0 Å². The number of unbranched alkanes of at least 4 members (excludes halogenated alkanes) is 17. The van der Waals surface area contributed by atoms with Crippen LogP contribution in [-0.4, -0.2) is 18.0 Å². The Labute approximate surface area is 181 Å². The lowest BCUT2D eigenvalue weighted by atomic mass is 10.0. The summed E-state index contributed by atoms with van der Waals surface area (Å²) >= 11 is 5.94. The van der Waals surface area contributed by atoms with Crippen molar-refractivity contribution in [3.63, 3.8) is 0 Å². The number of hydrogen-bond acceptors (Lipinski definition) is 2. The molecule has 0 aromatic carbocycles. The lowest BCUT2D eigenvalue weighted by Gasteiger charge is -2.08. The highest BCUT2D eigenvalue weighted by molar-refractivity contribution is 6.29. The first-order valence-corrected chi connectivity index (χ1v) is 13.0. The molecule has 0 aromatic rings. The Kier molecular flexibility index (Phi) is 22.8. The van der Waals surface area contributed by atoms with Gasteiger partial charge in [0.15, 0.2) is 0 Å². The van der Waals surface area contributed by atoms with E-state index in [0.717, 1.165) is 19.3 Å². The van der Waals surface area contributed by atoms with Crippen LogP contribution in [0, 0.1) is 0 Å². The molecule has 1 atom stereocenters. The van der Waals surface area contributed by atoms with Crippen LogP contribution in [-0.2, 0) is 9.53 Å². The SMILES string of the molecule is CCCCCCCCCCCCCCCCCCCCOC(=O)C(Cl)CCC. The van der Waals surface area contributed by atoms with Gasteiger partial charge in [-0.3, -0.25) is 4.79 Å². The maximum Gasteiger partial charge on any atom is 0.324 e. The van der Waals surface area contributed by atoms with Gasteiger partial charge in [0.2, 0.25) is 0 Å². The van der Waals surface area contributed by atoms with E-state index >= 15 is 0 Å². The van der Waals surface area contributed by atoms with Crippen LogP contribution < -0.4 is 0 Å². The molecule has 0 N–H and O–H groups in total. The number of hydrogen-bond donors (Lipinski definition) is 0. The number of carbonyl (C=O) groups excluding carboxylic acids is 1. The minimum absolute atomic E-state index is 0.240. The lowest BCUT2D eigenvalue weighted by Crippen LogP contribution is -2.18. The summed E-state index contributed by atoms with van der Waals surface area (Å²) < 4.78 is 5.21. The van der Waals surface area contributed by atoms with Crippen LogP contribution in [0.25, 0.3) is 0 Å². The van der Waals surface area contributed by atoms with E-state index in [4.69, 9.17) is 16.3 Å². The predicted molar refractivity (Wildman–Crippen MR) is 124 cm³/mol. The number of ether oxygens (including phenoxy) is 1. The van der Waals surface area contributed by atoms with Crippen LogP contribution >= 0.6 is 11.6 Å². The summed E-state index contributed by atoms with van der Waals surface area (Å²) in [5.41, 5.74) is 0. The summed E-state index contributed by atoms with van der Waals surface area (Å²) in [6, 6.07) is 0. The largest absolute Gasteiger partial charge is 0.465 e. The molecule has 0 aliphatic heterocycles. The third-order valence-corrected chi connectivity index (χ3v) is 5.94. The molecule has 0 saturated heterocycles. The van der Waals surface area contributed by atoms with Crippen molar-refractivity contribution in [2.45, 2.75) is 148 Å². The standard InChI is InChI=1S/C25H49ClO2/c1-3-5-6-7-8-9-10-11-12-13-14-15-16-17-18-19-20-21-23-28-25(27)24(26)22-4-2/h24H,3-23H2,1-2H3. The molecule has 0 amide bonds. The molecule has 0 heterocycles. The Morgan fingerprint density at radius 2 is 0.964 bits per heavy atom. The van der Waals surface area contributed by atoms with E-state index in [0.29, 0.717) is 13.0 Å². The van der Waals surface area contributed by atoms with Crippen molar-refractivity contribution in [1.29, 1.82) is 0 Å². The summed E-state index contributed by atoms with van der Waals surface area (Å²) in [6.45, 7) is 4.85. The summed E-state index contributed by atoms with van der Waals surface area (Å²) in [4.78, 5) is 11.6. The van der Waals surface area contributed by atoms with Crippen molar-refractivity contribution in [3.8, 4) is 0 Å². The summed E-state index contributed by atoms with van der Waals surface area (Å²) in [7, 11) is 0. The quantitative estimate of drug-likeness (QED) is 0.0998. The Morgan fingerprint density at radius 1 is 0.607 bits per heavy atom. The smallest absolute Gasteiger partial charge is 0.324 e. The fraction of sp³-hybridized carbons (Fsp3) is 0.960. The molecule has 0 saturated carbocycles. The summed E-state index contributed by atoms with van der Waals surface area (Å²) in [5, 5.41) is -0.458. The minimum Gasteiger partial charge on any atom is -0.465 e. The second-order valence-corrected chi connectivity index (χ2v) is 8.96. The molecule has 1 unspecified atom stereocenters. The topological polar surface area (TPSA) is 26.3 Å². The van der Waals surface area contributed by atoms with Gasteiger partial charge in [0.1, 0.15) is 5.38 Å².